The minimum Gasteiger partial charge on any atom is -0.372 e. The van der Waals surface area contributed by atoms with Gasteiger partial charge in [-0.1, -0.05) is 25.0 Å². The maximum absolute atomic E-state index is 3.45. The minimum atomic E-state index is 0.889. The molecule has 0 bridgehead atoms. The summed E-state index contributed by atoms with van der Waals surface area (Å²) in [6, 6.07) is 9.42. The van der Waals surface area contributed by atoms with Gasteiger partial charge in [0.15, 0.2) is 0 Å². The lowest BCUT2D eigenvalue weighted by molar-refractivity contribution is 0.372. The van der Waals surface area contributed by atoms with Gasteiger partial charge in [0.25, 0.3) is 0 Å². The highest BCUT2D eigenvalue weighted by atomic mass is 15.1. The molecule has 2 heterocycles. The Morgan fingerprint density at radius 1 is 0.900 bits per heavy atom. The number of piperidine rings is 1. The standard InChI is InChI=1S/C18H28N2/c1-2-4-14-20(13-3-1)18-7-5-16(6-8-18)15-17-9-11-19-12-10-17/h5-8,17,19H,1-4,9-15H2. The molecule has 0 unspecified atom stereocenters. The second-order valence-corrected chi connectivity index (χ2v) is 6.47. The van der Waals surface area contributed by atoms with Crippen molar-refractivity contribution in [3.63, 3.8) is 0 Å². The summed E-state index contributed by atoms with van der Waals surface area (Å²) in [5.74, 6) is 0.889. The van der Waals surface area contributed by atoms with Crippen LogP contribution in [0.5, 0.6) is 0 Å². The fourth-order valence-corrected chi connectivity index (χ4v) is 3.59. The Kier molecular flexibility index (Phi) is 4.96. The molecule has 0 atom stereocenters. The summed E-state index contributed by atoms with van der Waals surface area (Å²) in [5.41, 5.74) is 2.96. The van der Waals surface area contributed by atoms with Crippen molar-refractivity contribution in [3.05, 3.63) is 29.8 Å². The van der Waals surface area contributed by atoms with E-state index in [0.29, 0.717) is 0 Å². The molecule has 1 N–H and O–H groups in total. The first-order chi connectivity index (χ1) is 9.92. The van der Waals surface area contributed by atoms with Gasteiger partial charge in [-0.3, -0.25) is 0 Å². The Morgan fingerprint density at radius 3 is 2.20 bits per heavy atom. The number of rotatable bonds is 3. The predicted octanol–water partition coefficient (Wildman–Crippen LogP) is 3.61. The Balaban J connectivity index is 1.58. The molecule has 1 aromatic carbocycles. The topological polar surface area (TPSA) is 15.3 Å². The van der Waals surface area contributed by atoms with Crippen LogP contribution in [0.2, 0.25) is 0 Å². The van der Waals surface area contributed by atoms with Crippen LogP contribution in [0.4, 0.5) is 5.69 Å². The average molecular weight is 272 g/mol. The number of benzene rings is 1. The van der Waals surface area contributed by atoms with E-state index in [9.17, 15) is 0 Å². The van der Waals surface area contributed by atoms with E-state index < -0.39 is 0 Å². The van der Waals surface area contributed by atoms with Gasteiger partial charge in [0.05, 0.1) is 0 Å². The first kappa shape index (κ1) is 13.9. The summed E-state index contributed by atoms with van der Waals surface area (Å²) in [6.07, 6.45) is 9.48. The molecule has 1 aromatic rings. The summed E-state index contributed by atoms with van der Waals surface area (Å²) >= 11 is 0. The number of hydrogen-bond donors (Lipinski definition) is 1. The average Bonchev–Trinajstić information content (AvgIpc) is 2.78. The van der Waals surface area contributed by atoms with Gasteiger partial charge in [0.1, 0.15) is 0 Å². The second kappa shape index (κ2) is 7.12. The molecular weight excluding hydrogens is 244 g/mol. The lowest BCUT2D eigenvalue weighted by atomic mass is 9.91. The highest BCUT2D eigenvalue weighted by Crippen LogP contribution is 2.23. The third-order valence-electron chi connectivity index (χ3n) is 4.89. The van der Waals surface area contributed by atoms with Gasteiger partial charge in [-0.15, -0.1) is 0 Å². The van der Waals surface area contributed by atoms with Crippen molar-refractivity contribution >= 4 is 5.69 Å². The van der Waals surface area contributed by atoms with Crippen molar-refractivity contribution in [3.8, 4) is 0 Å². The third kappa shape index (κ3) is 3.76. The zero-order valence-electron chi connectivity index (χ0n) is 12.6. The highest BCUT2D eigenvalue weighted by molar-refractivity contribution is 5.47. The predicted molar refractivity (Wildman–Crippen MR) is 86.4 cm³/mol. The summed E-state index contributed by atoms with van der Waals surface area (Å²) in [6.45, 7) is 4.90. The van der Waals surface area contributed by atoms with Gasteiger partial charge in [-0.05, 0) is 68.8 Å². The van der Waals surface area contributed by atoms with Crippen LogP contribution in [0.1, 0.15) is 44.1 Å². The van der Waals surface area contributed by atoms with Crippen LogP contribution in [-0.2, 0) is 6.42 Å². The zero-order chi connectivity index (χ0) is 13.6. The molecule has 0 aromatic heterocycles. The Morgan fingerprint density at radius 2 is 1.55 bits per heavy atom. The van der Waals surface area contributed by atoms with Crippen molar-refractivity contribution in [1.29, 1.82) is 0 Å². The Bertz CT molecular complexity index is 384. The quantitative estimate of drug-likeness (QED) is 0.904. The fraction of sp³-hybridized carbons (Fsp3) is 0.667. The molecule has 0 spiro atoms. The number of hydrogen-bond acceptors (Lipinski definition) is 2. The van der Waals surface area contributed by atoms with E-state index in [1.54, 1.807) is 0 Å². The van der Waals surface area contributed by atoms with E-state index in [2.05, 4.69) is 34.5 Å². The molecule has 0 radical (unpaired) electrons. The van der Waals surface area contributed by atoms with E-state index in [4.69, 9.17) is 0 Å². The van der Waals surface area contributed by atoms with Crippen LogP contribution >= 0.6 is 0 Å². The Hall–Kier alpha value is -1.02. The molecule has 2 saturated heterocycles. The van der Waals surface area contributed by atoms with Crippen LogP contribution in [0.15, 0.2) is 24.3 Å². The lowest BCUT2D eigenvalue weighted by Crippen LogP contribution is -2.28. The van der Waals surface area contributed by atoms with Crippen LogP contribution in [-0.4, -0.2) is 26.2 Å². The molecule has 2 fully saturated rings. The zero-order valence-corrected chi connectivity index (χ0v) is 12.6. The van der Waals surface area contributed by atoms with Gasteiger partial charge in [-0.2, -0.15) is 0 Å². The molecule has 0 aliphatic carbocycles. The molecule has 3 rings (SSSR count). The monoisotopic (exact) mass is 272 g/mol. The van der Waals surface area contributed by atoms with Crippen molar-refractivity contribution in [2.75, 3.05) is 31.1 Å². The van der Waals surface area contributed by atoms with Crippen molar-refractivity contribution < 1.29 is 0 Å². The van der Waals surface area contributed by atoms with E-state index >= 15 is 0 Å². The Labute approximate surface area is 123 Å². The van der Waals surface area contributed by atoms with Crippen molar-refractivity contribution in [1.82, 2.24) is 5.32 Å². The fourth-order valence-electron chi connectivity index (χ4n) is 3.59. The van der Waals surface area contributed by atoms with E-state index in [-0.39, 0.29) is 0 Å². The van der Waals surface area contributed by atoms with E-state index in [1.807, 2.05) is 0 Å². The summed E-state index contributed by atoms with van der Waals surface area (Å²) in [4.78, 5) is 2.57. The highest BCUT2D eigenvalue weighted by Gasteiger charge is 2.14. The van der Waals surface area contributed by atoms with Crippen LogP contribution in [0, 0.1) is 5.92 Å². The maximum Gasteiger partial charge on any atom is 0.0366 e. The van der Waals surface area contributed by atoms with Crippen molar-refractivity contribution in [2.45, 2.75) is 44.9 Å². The first-order valence-corrected chi connectivity index (χ1v) is 8.46. The van der Waals surface area contributed by atoms with Crippen LogP contribution < -0.4 is 10.2 Å². The molecule has 20 heavy (non-hydrogen) atoms. The molecular formula is C18H28N2. The smallest absolute Gasteiger partial charge is 0.0366 e. The molecule has 2 aliphatic rings. The van der Waals surface area contributed by atoms with E-state index in [0.717, 1.165) is 5.92 Å². The summed E-state index contributed by atoms with van der Waals surface area (Å²) in [5, 5.41) is 3.45. The second-order valence-electron chi connectivity index (χ2n) is 6.47. The molecule has 2 nitrogen and oxygen atoms in total. The van der Waals surface area contributed by atoms with Crippen molar-refractivity contribution in [2.24, 2.45) is 5.92 Å². The third-order valence-corrected chi connectivity index (χ3v) is 4.89. The number of anilines is 1. The normalized spacial score (nSPS) is 21.7. The maximum atomic E-state index is 3.45. The molecule has 0 amide bonds. The largest absolute Gasteiger partial charge is 0.372 e. The van der Waals surface area contributed by atoms with Gasteiger partial charge < -0.3 is 10.2 Å². The van der Waals surface area contributed by atoms with Crippen LogP contribution in [0.25, 0.3) is 0 Å². The SMILES string of the molecule is c1cc(N2CCCCCC2)ccc1CC1CCNCC1. The molecule has 2 aliphatic heterocycles. The molecule has 0 saturated carbocycles. The molecule has 110 valence electrons. The van der Waals surface area contributed by atoms with Gasteiger partial charge in [0.2, 0.25) is 0 Å². The van der Waals surface area contributed by atoms with Gasteiger partial charge >= 0.3 is 0 Å². The lowest BCUT2D eigenvalue weighted by Gasteiger charge is -2.24. The summed E-state index contributed by atoms with van der Waals surface area (Å²) < 4.78 is 0. The van der Waals surface area contributed by atoms with Gasteiger partial charge in [0, 0.05) is 18.8 Å². The molecule has 2 heteroatoms. The van der Waals surface area contributed by atoms with Crippen LogP contribution in [0.3, 0.4) is 0 Å². The van der Waals surface area contributed by atoms with E-state index in [1.165, 1.54) is 82.4 Å². The number of nitrogens with one attached hydrogen (secondary N) is 1. The number of nitrogens with zero attached hydrogens (tertiary/aromatic N) is 1. The van der Waals surface area contributed by atoms with Gasteiger partial charge in [-0.25, -0.2) is 0 Å². The summed E-state index contributed by atoms with van der Waals surface area (Å²) in [7, 11) is 0. The minimum absolute atomic E-state index is 0.889. The first-order valence-electron chi connectivity index (χ1n) is 8.46.